The second kappa shape index (κ2) is 8.87. The number of hydrogen-bond donors (Lipinski definition) is 2. The van der Waals surface area contributed by atoms with Crippen molar-refractivity contribution >= 4 is 29.6 Å². The maximum absolute atomic E-state index is 12.8. The predicted molar refractivity (Wildman–Crippen MR) is 114 cm³/mol. The van der Waals surface area contributed by atoms with Gasteiger partial charge in [0.2, 0.25) is 5.91 Å². The largest absolute Gasteiger partial charge is 0.469 e. The zero-order valence-electron chi connectivity index (χ0n) is 17.5. The maximum atomic E-state index is 12.8. The predicted octanol–water partition coefficient (Wildman–Crippen LogP) is 2.70. The lowest BCUT2D eigenvalue weighted by Crippen LogP contribution is -2.49. The monoisotopic (exact) mass is 455 g/mol. The molecule has 166 valence electrons. The first kappa shape index (κ1) is 21.6. The summed E-state index contributed by atoms with van der Waals surface area (Å²) in [6.45, 7) is 3.42. The van der Waals surface area contributed by atoms with Crippen LogP contribution < -0.4 is 10.7 Å². The number of furan rings is 1. The number of nitrogens with zero attached hydrogens (tertiary/aromatic N) is 3. The van der Waals surface area contributed by atoms with Crippen LogP contribution in [0.1, 0.15) is 24.7 Å². The van der Waals surface area contributed by atoms with Crippen LogP contribution in [0.2, 0.25) is 0 Å². The van der Waals surface area contributed by atoms with Gasteiger partial charge in [0.25, 0.3) is 17.0 Å². The fraction of sp³-hybridized carbons (Fsp3) is 0.286. The van der Waals surface area contributed by atoms with Gasteiger partial charge in [0.05, 0.1) is 17.6 Å². The number of benzene rings is 1. The first-order valence-electron chi connectivity index (χ1n) is 9.86. The van der Waals surface area contributed by atoms with Crippen molar-refractivity contribution in [2.45, 2.75) is 37.5 Å². The van der Waals surface area contributed by atoms with E-state index in [1.54, 1.807) is 19.9 Å². The molecule has 2 aromatic heterocycles. The molecule has 0 radical (unpaired) electrons. The van der Waals surface area contributed by atoms with Crippen molar-refractivity contribution in [1.29, 1.82) is 0 Å². The highest BCUT2D eigenvalue weighted by Gasteiger charge is 2.48. The van der Waals surface area contributed by atoms with Gasteiger partial charge >= 0.3 is 6.03 Å². The molecule has 1 saturated heterocycles. The van der Waals surface area contributed by atoms with Gasteiger partial charge in [-0.05, 0) is 38.3 Å². The Morgan fingerprint density at radius 2 is 2.00 bits per heavy atom. The lowest BCUT2D eigenvalue weighted by atomic mass is 9.93. The molecule has 1 atom stereocenters. The Bertz CT molecular complexity index is 1140. The van der Waals surface area contributed by atoms with Crippen LogP contribution in [0.3, 0.4) is 0 Å². The topological polar surface area (TPSA) is 131 Å². The summed E-state index contributed by atoms with van der Waals surface area (Å²) in [6, 6.07) is 10.7. The van der Waals surface area contributed by atoms with Crippen molar-refractivity contribution < 1.29 is 23.2 Å². The van der Waals surface area contributed by atoms with Crippen molar-refractivity contribution in [1.82, 2.24) is 25.9 Å². The van der Waals surface area contributed by atoms with Crippen LogP contribution in [0.15, 0.2) is 56.7 Å². The molecule has 2 N–H and O–H groups in total. The van der Waals surface area contributed by atoms with Crippen molar-refractivity contribution in [2.24, 2.45) is 0 Å². The Morgan fingerprint density at radius 3 is 2.72 bits per heavy atom. The SMILES string of the molecule is Cc1occc1-c1nnc(SCC(=O)NN2C(=O)NC(C)(CCc3ccccc3)C2=O)o1. The van der Waals surface area contributed by atoms with Crippen LogP contribution in [0.25, 0.3) is 11.5 Å². The first-order chi connectivity index (χ1) is 15.4. The number of carbonyl (C=O) groups excluding carboxylic acids is 3. The van der Waals surface area contributed by atoms with Crippen LogP contribution in [0.5, 0.6) is 0 Å². The van der Waals surface area contributed by atoms with Crippen LogP contribution >= 0.6 is 11.8 Å². The standard InChI is InChI=1S/C21H21N5O5S/c1-13-15(9-11-30-13)17-23-24-20(31-17)32-12-16(27)25-26-18(28)21(2,22-19(26)29)10-8-14-6-4-3-5-7-14/h3-7,9,11H,8,10,12H2,1-2H3,(H,22,29)(H,25,27). The third-order valence-electron chi connectivity index (χ3n) is 5.08. The number of aromatic nitrogens is 2. The smallest absolute Gasteiger partial charge is 0.344 e. The van der Waals surface area contributed by atoms with Gasteiger partial charge in [-0.3, -0.25) is 15.0 Å². The molecule has 0 bridgehead atoms. The fourth-order valence-corrected chi connectivity index (χ4v) is 3.82. The van der Waals surface area contributed by atoms with Gasteiger partial charge in [0, 0.05) is 0 Å². The van der Waals surface area contributed by atoms with E-state index in [0.29, 0.717) is 24.2 Å². The zero-order valence-corrected chi connectivity index (χ0v) is 18.3. The average Bonchev–Trinajstić information content (AvgIpc) is 3.47. The molecular formula is C21H21N5O5S. The van der Waals surface area contributed by atoms with E-state index in [1.807, 2.05) is 30.3 Å². The molecule has 1 fully saturated rings. The van der Waals surface area contributed by atoms with E-state index in [-0.39, 0.29) is 16.9 Å². The molecule has 0 aliphatic carbocycles. The number of imide groups is 1. The number of amides is 4. The molecule has 0 spiro atoms. The number of nitrogens with one attached hydrogen (secondary N) is 2. The van der Waals surface area contributed by atoms with E-state index in [9.17, 15) is 14.4 Å². The van der Waals surface area contributed by atoms with Crippen molar-refractivity contribution in [3.05, 3.63) is 54.0 Å². The van der Waals surface area contributed by atoms with E-state index in [4.69, 9.17) is 8.83 Å². The molecule has 10 nitrogen and oxygen atoms in total. The maximum Gasteiger partial charge on any atom is 0.344 e. The van der Waals surface area contributed by atoms with Gasteiger partial charge in [-0.1, -0.05) is 42.1 Å². The summed E-state index contributed by atoms with van der Waals surface area (Å²) >= 11 is 0.993. The summed E-state index contributed by atoms with van der Waals surface area (Å²) in [5.41, 5.74) is 2.98. The Morgan fingerprint density at radius 1 is 1.22 bits per heavy atom. The first-order valence-corrected chi connectivity index (χ1v) is 10.9. The highest BCUT2D eigenvalue weighted by Crippen LogP contribution is 2.26. The Hall–Kier alpha value is -3.60. The van der Waals surface area contributed by atoms with Gasteiger partial charge in [0.1, 0.15) is 11.3 Å². The van der Waals surface area contributed by atoms with Crippen LogP contribution in [0, 0.1) is 6.92 Å². The number of urea groups is 1. The highest BCUT2D eigenvalue weighted by atomic mass is 32.2. The van der Waals surface area contributed by atoms with Crippen molar-refractivity contribution in [3.63, 3.8) is 0 Å². The molecule has 11 heteroatoms. The molecule has 0 saturated carbocycles. The summed E-state index contributed by atoms with van der Waals surface area (Å²) in [6.07, 6.45) is 2.53. The minimum atomic E-state index is -1.10. The lowest BCUT2D eigenvalue weighted by molar-refractivity contribution is -0.138. The summed E-state index contributed by atoms with van der Waals surface area (Å²) in [4.78, 5) is 37.5. The normalized spacial score (nSPS) is 18.1. The molecule has 3 heterocycles. The van der Waals surface area contributed by atoms with E-state index in [1.165, 1.54) is 6.26 Å². The minimum absolute atomic E-state index is 0.121. The molecule has 1 aliphatic heterocycles. The Kier molecular flexibility index (Phi) is 5.99. The van der Waals surface area contributed by atoms with Gasteiger partial charge in [0.15, 0.2) is 0 Å². The summed E-state index contributed by atoms with van der Waals surface area (Å²) < 4.78 is 10.7. The van der Waals surface area contributed by atoms with Crippen molar-refractivity contribution in [2.75, 3.05) is 5.75 Å². The van der Waals surface area contributed by atoms with Gasteiger partial charge in [-0.25, -0.2) is 4.79 Å². The molecule has 4 amide bonds. The van der Waals surface area contributed by atoms with E-state index < -0.39 is 23.4 Å². The minimum Gasteiger partial charge on any atom is -0.469 e. The van der Waals surface area contributed by atoms with E-state index in [2.05, 4.69) is 20.9 Å². The summed E-state index contributed by atoms with van der Waals surface area (Å²) in [5.74, 6) is -0.263. The number of thioether (sulfide) groups is 1. The molecule has 3 aromatic rings. The molecule has 1 unspecified atom stereocenters. The molecule has 1 aliphatic rings. The van der Waals surface area contributed by atoms with Crippen LogP contribution in [0.4, 0.5) is 4.79 Å². The fourth-order valence-electron chi connectivity index (χ4n) is 3.26. The third kappa shape index (κ3) is 4.52. The molecular weight excluding hydrogens is 434 g/mol. The number of rotatable bonds is 8. The second-order valence-corrected chi connectivity index (χ2v) is 8.40. The van der Waals surface area contributed by atoms with Crippen LogP contribution in [-0.2, 0) is 16.0 Å². The van der Waals surface area contributed by atoms with Gasteiger partial charge in [-0.15, -0.1) is 10.2 Å². The van der Waals surface area contributed by atoms with E-state index in [0.717, 1.165) is 22.3 Å². The average molecular weight is 455 g/mol. The Balaban J connectivity index is 1.31. The number of carbonyl (C=O) groups is 3. The summed E-state index contributed by atoms with van der Waals surface area (Å²) in [5, 5.41) is 11.4. The number of aryl methyl sites for hydroxylation is 2. The van der Waals surface area contributed by atoms with Crippen LogP contribution in [-0.4, -0.2) is 44.3 Å². The van der Waals surface area contributed by atoms with Crippen molar-refractivity contribution in [3.8, 4) is 11.5 Å². The zero-order chi connectivity index (χ0) is 22.7. The highest BCUT2D eigenvalue weighted by molar-refractivity contribution is 7.99. The molecule has 32 heavy (non-hydrogen) atoms. The number of hydrogen-bond acceptors (Lipinski definition) is 8. The molecule has 4 rings (SSSR count). The van der Waals surface area contributed by atoms with Gasteiger partial charge in [-0.2, -0.15) is 5.01 Å². The summed E-state index contributed by atoms with van der Waals surface area (Å²) in [7, 11) is 0. The Labute approximate surface area is 187 Å². The van der Waals surface area contributed by atoms with Gasteiger partial charge < -0.3 is 14.2 Å². The van der Waals surface area contributed by atoms with E-state index >= 15 is 0 Å². The molecule has 1 aromatic carbocycles. The quantitative estimate of drug-likeness (QED) is 0.392. The second-order valence-electron chi connectivity index (χ2n) is 7.48. The third-order valence-corrected chi connectivity index (χ3v) is 5.89. The lowest BCUT2D eigenvalue weighted by Gasteiger charge is -2.21. The number of hydrazine groups is 1.